The number of benzene rings is 1. The van der Waals surface area contributed by atoms with Crippen LogP contribution in [0, 0.1) is 6.92 Å². The van der Waals surface area contributed by atoms with Crippen molar-refractivity contribution in [1.29, 1.82) is 0 Å². The molecule has 0 saturated carbocycles. The van der Waals surface area contributed by atoms with E-state index in [1.54, 1.807) is 12.3 Å². The SMILES string of the molecule is Cc1ccccc1C(=O)Cc1ccco1. The maximum atomic E-state index is 11.9. The number of hydrogen-bond acceptors (Lipinski definition) is 2. The van der Waals surface area contributed by atoms with Gasteiger partial charge in [0.2, 0.25) is 0 Å². The van der Waals surface area contributed by atoms with E-state index in [4.69, 9.17) is 4.42 Å². The molecule has 0 atom stereocenters. The number of Topliss-reactive ketones (excluding diaryl/α,β-unsaturated/α-hetero) is 1. The van der Waals surface area contributed by atoms with Crippen molar-refractivity contribution in [3.05, 3.63) is 59.5 Å². The molecule has 0 unspecified atom stereocenters. The van der Waals surface area contributed by atoms with Crippen molar-refractivity contribution in [2.45, 2.75) is 13.3 Å². The largest absolute Gasteiger partial charge is 0.469 e. The molecule has 2 nitrogen and oxygen atoms in total. The minimum atomic E-state index is 0.100. The van der Waals surface area contributed by atoms with Gasteiger partial charge in [0, 0.05) is 5.56 Å². The second kappa shape index (κ2) is 4.13. The first-order chi connectivity index (χ1) is 7.27. The van der Waals surface area contributed by atoms with Gasteiger partial charge < -0.3 is 4.42 Å². The molecule has 15 heavy (non-hydrogen) atoms. The van der Waals surface area contributed by atoms with Crippen LogP contribution in [0.5, 0.6) is 0 Å². The summed E-state index contributed by atoms with van der Waals surface area (Å²) < 4.78 is 5.14. The van der Waals surface area contributed by atoms with Crippen molar-refractivity contribution in [3.63, 3.8) is 0 Å². The summed E-state index contributed by atoms with van der Waals surface area (Å²) in [6, 6.07) is 11.2. The van der Waals surface area contributed by atoms with Crippen LogP contribution in [-0.2, 0) is 6.42 Å². The van der Waals surface area contributed by atoms with Crippen molar-refractivity contribution in [2.75, 3.05) is 0 Å². The van der Waals surface area contributed by atoms with Crippen LogP contribution in [0.3, 0.4) is 0 Å². The lowest BCUT2D eigenvalue weighted by molar-refractivity contribution is 0.0986. The average molecular weight is 200 g/mol. The first-order valence-corrected chi connectivity index (χ1v) is 4.88. The van der Waals surface area contributed by atoms with Crippen molar-refractivity contribution >= 4 is 5.78 Å². The Balaban J connectivity index is 2.19. The molecule has 0 bridgehead atoms. The number of carbonyl (C=O) groups excluding carboxylic acids is 1. The average Bonchev–Trinajstić information content (AvgIpc) is 2.71. The molecule has 2 rings (SSSR count). The smallest absolute Gasteiger partial charge is 0.170 e. The van der Waals surface area contributed by atoms with Crippen LogP contribution in [-0.4, -0.2) is 5.78 Å². The third kappa shape index (κ3) is 2.15. The van der Waals surface area contributed by atoms with Crippen molar-refractivity contribution < 1.29 is 9.21 Å². The van der Waals surface area contributed by atoms with Crippen LogP contribution >= 0.6 is 0 Å². The second-order valence-corrected chi connectivity index (χ2v) is 3.49. The zero-order valence-electron chi connectivity index (χ0n) is 8.57. The van der Waals surface area contributed by atoms with Crippen molar-refractivity contribution in [2.24, 2.45) is 0 Å². The minimum absolute atomic E-state index is 0.100. The fourth-order valence-corrected chi connectivity index (χ4v) is 1.55. The maximum absolute atomic E-state index is 11.9. The predicted molar refractivity (Wildman–Crippen MR) is 57.9 cm³/mol. The van der Waals surface area contributed by atoms with Crippen LogP contribution in [0.25, 0.3) is 0 Å². The topological polar surface area (TPSA) is 30.2 Å². The highest BCUT2D eigenvalue weighted by Crippen LogP contribution is 2.11. The lowest BCUT2D eigenvalue weighted by Crippen LogP contribution is -2.04. The standard InChI is InChI=1S/C13H12O2/c1-10-5-2-3-7-12(10)13(14)9-11-6-4-8-15-11/h2-8H,9H2,1H3. The highest BCUT2D eigenvalue weighted by molar-refractivity contribution is 5.98. The van der Waals surface area contributed by atoms with Crippen LogP contribution in [0.1, 0.15) is 21.7 Å². The van der Waals surface area contributed by atoms with Gasteiger partial charge in [-0.2, -0.15) is 0 Å². The molecule has 0 aliphatic heterocycles. The Hall–Kier alpha value is -1.83. The Labute approximate surface area is 88.5 Å². The van der Waals surface area contributed by atoms with Crippen LogP contribution in [0.4, 0.5) is 0 Å². The number of ketones is 1. The normalized spacial score (nSPS) is 10.2. The molecule has 2 aromatic rings. The zero-order valence-corrected chi connectivity index (χ0v) is 8.57. The molecule has 0 fully saturated rings. The number of aryl methyl sites for hydroxylation is 1. The fourth-order valence-electron chi connectivity index (χ4n) is 1.55. The van der Waals surface area contributed by atoms with E-state index < -0.39 is 0 Å². The van der Waals surface area contributed by atoms with Gasteiger partial charge in [-0.1, -0.05) is 24.3 Å². The van der Waals surface area contributed by atoms with Crippen LogP contribution in [0.15, 0.2) is 47.1 Å². The third-order valence-electron chi connectivity index (χ3n) is 2.36. The summed E-state index contributed by atoms with van der Waals surface area (Å²) in [4.78, 5) is 11.9. The monoisotopic (exact) mass is 200 g/mol. The lowest BCUT2D eigenvalue weighted by atomic mass is 10.0. The van der Waals surface area contributed by atoms with E-state index in [-0.39, 0.29) is 5.78 Å². The van der Waals surface area contributed by atoms with Gasteiger partial charge in [-0.05, 0) is 24.6 Å². The first kappa shape index (κ1) is 9.71. The quantitative estimate of drug-likeness (QED) is 0.713. The van der Waals surface area contributed by atoms with Gasteiger partial charge in [0.15, 0.2) is 5.78 Å². The molecule has 0 aliphatic rings. The van der Waals surface area contributed by atoms with Gasteiger partial charge in [-0.25, -0.2) is 0 Å². The van der Waals surface area contributed by atoms with Gasteiger partial charge in [0.25, 0.3) is 0 Å². The predicted octanol–water partition coefficient (Wildman–Crippen LogP) is 3.01. The zero-order chi connectivity index (χ0) is 10.7. The summed E-state index contributed by atoms with van der Waals surface area (Å²) in [6.45, 7) is 1.94. The van der Waals surface area contributed by atoms with E-state index in [0.29, 0.717) is 12.2 Å². The number of rotatable bonds is 3. The van der Waals surface area contributed by atoms with E-state index in [0.717, 1.165) is 11.1 Å². The maximum Gasteiger partial charge on any atom is 0.170 e. The molecule has 2 heteroatoms. The van der Waals surface area contributed by atoms with Crippen LogP contribution in [0.2, 0.25) is 0 Å². The van der Waals surface area contributed by atoms with Gasteiger partial charge in [0.05, 0.1) is 12.7 Å². The Morgan fingerprint density at radius 1 is 1.20 bits per heavy atom. The van der Waals surface area contributed by atoms with Crippen molar-refractivity contribution in [3.8, 4) is 0 Å². The van der Waals surface area contributed by atoms with E-state index in [2.05, 4.69) is 0 Å². The van der Waals surface area contributed by atoms with E-state index in [9.17, 15) is 4.79 Å². The lowest BCUT2D eigenvalue weighted by Gasteiger charge is -2.02. The Morgan fingerprint density at radius 3 is 2.67 bits per heavy atom. The molecular weight excluding hydrogens is 188 g/mol. The molecule has 1 heterocycles. The number of carbonyl (C=O) groups is 1. The molecule has 1 aromatic heterocycles. The number of furan rings is 1. The Kier molecular flexibility index (Phi) is 2.68. The molecule has 0 saturated heterocycles. The molecule has 76 valence electrons. The molecule has 0 N–H and O–H groups in total. The van der Waals surface area contributed by atoms with Crippen LogP contribution < -0.4 is 0 Å². The van der Waals surface area contributed by atoms with E-state index in [1.807, 2.05) is 37.3 Å². The minimum Gasteiger partial charge on any atom is -0.469 e. The third-order valence-corrected chi connectivity index (χ3v) is 2.36. The van der Waals surface area contributed by atoms with Gasteiger partial charge in [-0.15, -0.1) is 0 Å². The summed E-state index contributed by atoms with van der Waals surface area (Å²) in [7, 11) is 0. The summed E-state index contributed by atoms with van der Waals surface area (Å²) in [5.41, 5.74) is 1.78. The summed E-state index contributed by atoms with van der Waals surface area (Å²) in [5.74, 6) is 0.811. The first-order valence-electron chi connectivity index (χ1n) is 4.88. The Bertz CT molecular complexity index is 455. The second-order valence-electron chi connectivity index (χ2n) is 3.49. The number of hydrogen-bond donors (Lipinski definition) is 0. The molecule has 0 aliphatic carbocycles. The van der Waals surface area contributed by atoms with Gasteiger partial charge in [0.1, 0.15) is 5.76 Å². The highest BCUT2D eigenvalue weighted by Gasteiger charge is 2.10. The van der Waals surface area contributed by atoms with Gasteiger partial charge >= 0.3 is 0 Å². The highest BCUT2D eigenvalue weighted by atomic mass is 16.3. The molecular formula is C13H12O2. The molecule has 0 amide bonds. The summed E-state index contributed by atoms with van der Waals surface area (Å²) in [6.07, 6.45) is 1.91. The Morgan fingerprint density at radius 2 is 2.00 bits per heavy atom. The molecule has 0 spiro atoms. The fraction of sp³-hybridized carbons (Fsp3) is 0.154. The van der Waals surface area contributed by atoms with E-state index >= 15 is 0 Å². The van der Waals surface area contributed by atoms with Crippen molar-refractivity contribution in [1.82, 2.24) is 0 Å². The summed E-state index contributed by atoms with van der Waals surface area (Å²) in [5, 5.41) is 0. The molecule has 0 radical (unpaired) electrons. The van der Waals surface area contributed by atoms with Gasteiger partial charge in [-0.3, -0.25) is 4.79 Å². The summed E-state index contributed by atoms with van der Waals surface area (Å²) >= 11 is 0. The van der Waals surface area contributed by atoms with E-state index in [1.165, 1.54) is 0 Å². The molecule has 1 aromatic carbocycles.